The SMILES string of the molecule is CCCC(=O)O.CNC.Cl. The van der Waals surface area contributed by atoms with Crippen molar-refractivity contribution in [2.75, 3.05) is 14.1 Å². The second kappa shape index (κ2) is 15.9. The van der Waals surface area contributed by atoms with Crippen molar-refractivity contribution in [1.82, 2.24) is 5.32 Å². The lowest BCUT2D eigenvalue weighted by atomic mass is 10.4. The normalized spacial score (nSPS) is 6.70. The molecule has 64 valence electrons. The summed E-state index contributed by atoms with van der Waals surface area (Å²) in [6.45, 7) is 1.84. The van der Waals surface area contributed by atoms with Gasteiger partial charge in [-0.1, -0.05) is 6.92 Å². The molecule has 0 aromatic heterocycles. The van der Waals surface area contributed by atoms with Gasteiger partial charge in [-0.2, -0.15) is 0 Å². The fourth-order valence-electron chi connectivity index (χ4n) is 0.214. The maximum atomic E-state index is 9.60. The number of carboxylic acid groups (broad SMARTS) is 1. The number of rotatable bonds is 2. The molecule has 0 rings (SSSR count). The van der Waals surface area contributed by atoms with Crippen LogP contribution in [0, 0.1) is 0 Å². The molecule has 2 N–H and O–H groups in total. The minimum absolute atomic E-state index is 0. The van der Waals surface area contributed by atoms with Gasteiger partial charge in [-0.15, -0.1) is 12.4 Å². The summed E-state index contributed by atoms with van der Waals surface area (Å²) in [5, 5.41) is 10.7. The molecule has 0 unspecified atom stereocenters. The van der Waals surface area contributed by atoms with Crippen molar-refractivity contribution in [2.24, 2.45) is 0 Å². The smallest absolute Gasteiger partial charge is 0.303 e. The average molecular weight is 170 g/mol. The summed E-state index contributed by atoms with van der Waals surface area (Å²) in [6, 6.07) is 0. The van der Waals surface area contributed by atoms with Gasteiger partial charge in [0.1, 0.15) is 0 Å². The predicted molar refractivity (Wildman–Crippen MR) is 44.8 cm³/mol. The van der Waals surface area contributed by atoms with Gasteiger partial charge >= 0.3 is 5.97 Å². The number of carboxylic acids is 1. The molecule has 0 spiro atoms. The number of nitrogens with one attached hydrogen (secondary N) is 1. The number of aliphatic carboxylic acids is 1. The van der Waals surface area contributed by atoms with Crippen LogP contribution >= 0.6 is 12.4 Å². The fraction of sp³-hybridized carbons (Fsp3) is 0.833. The van der Waals surface area contributed by atoms with Gasteiger partial charge < -0.3 is 10.4 Å². The molecule has 0 aromatic rings. The molecule has 0 saturated carbocycles. The lowest BCUT2D eigenvalue weighted by Crippen LogP contribution is -1.90. The molecule has 0 aliphatic rings. The summed E-state index contributed by atoms with van der Waals surface area (Å²) in [5.74, 6) is -0.711. The van der Waals surface area contributed by atoms with Crippen LogP contribution in [0.1, 0.15) is 19.8 Å². The molecule has 0 atom stereocenters. The average Bonchev–Trinajstić information content (AvgIpc) is 1.67. The lowest BCUT2D eigenvalue weighted by molar-refractivity contribution is -0.137. The first kappa shape index (κ1) is 16.4. The van der Waals surface area contributed by atoms with Crippen LogP contribution in [0.5, 0.6) is 0 Å². The van der Waals surface area contributed by atoms with E-state index in [0.29, 0.717) is 6.42 Å². The molecule has 0 aliphatic carbocycles. The standard InChI is InChI=1S/C4H8O2.C2H7N.ClH/c1-2-3-4(5)6;1-3-2;/h2-3H2,1H3,(H,5,6);3H,1-2H3;1H. The van der Waals surface area contributed by atoms with Crippen molar-refractivity contribution < 1.29 is 9.90 Å². The summed E-state index contributed by atoms with van der Waals surface area (Å²) < 4.78 is 0. The van der Waals surface area contributed by atoms with Crippen LogP contribution in [0.25, 0.3) is 0 Å². The van der Waals surface area contributed by atoms with Gasteiger partial charge in [-0.25, -0.2) is 0 Å². The number of carbonyl (C=O) groups is 1. The zero-order chi connectivity index (χ0) is 7.70. The van der Waals surface area contributed by atoms with Crippen LogP contribution in [0.2, 0.25) is 0 Å². The Labute approximate surface area is 68.2 Å². The van der Waals surface area contributed by atoms with Gasteiger partial charge in [0, 0.05) is 6.42 Å². The topological polar surface area (TPSA) is 49.3 Å². The van der Waals surface area contributed by atoms with Crippen molar-refractivity contribution >= 4 is 18.4 Å². The Morgan fingerprint density at radius 1 is 1.50 bits per heavy atom. The van der Waals surface area contributed by atoms with E-state index < -0.39 is 5.97 Å². The van der Waals surface area contributed by atoms with E-state index in [2.05, 4.69) is 5.32 Å². The summed E-state index contributed by atoms with van der Waals surface area (Å²) in [4.78, 5) is 9.60. The molecule has 10 heavy (non-hydrogen) atoms. The van der Waals surface area contributed by atoms with E-state index in [1.165, 1.54) is 0 Å². The molecule has 0 heterocycles. The lowest BCUT2D eigenvalue weighted by Gasteiger charge is -1.79. The largest absolute Gasteiger partial charge is 0.481 e. The third-order valence-corrected chi connectivity index (χ3v) is 0.464. The molecule has 4 heteroatoms. The third kappa shape index (κ3) is 47.1. The molecule has 0 saturated heterocycles. The van der Waals surface area contributed by atoms with E-state index in [1.807, 2.05) is 21.0 Å². The van der Waals surface area contributed by atoms with E-state index in [0.717, 1.165) is 6.42 Å². The second-order valence-corrected chi connectivity index (χ2v) is 1.64. The Kier molecular flexibility index (Phi) is 26.0. The van der Waals surface area contributed by atoms with E-state index >= 15 is 0 Å². The minimum atomic E-state index is -0.711. The van der Waals surface area contributed by atoms with Gasteiger partial charge in [0.2, 0.25) is 0 Å². The van der Waals surface area contributed by atoms with Gasteiger partial charge in [0.15, 0.2) is 0 Å². The molecule has 0 aliphatic heterocycles. The fourth-order valence-corrected chi connectivity index (χ4v) is 0.214. The molecule has 0 radical (unpaired) electrons. The summed E-state index contributed by atoms with van der Waals surface area (Å²) in [5.41, 5.74) is 0. The van der Waals surface area contributed by atoms with E-state index in [4.69, 9.17) is 5.11 Å². The highest BCUT2D eigenvalue weighted by Crippen LogP contribution is 1.82. The Balaban J connectivity index is -0.000000107. The highest BCUT2D eigenvalue weighted by Gasteiger charge is 1.87. The van der Waals surface area contributed by atoms with Crippen LogP contribution in [-0.2, 0) is 4.79 Å². The molecule has 0 fully saturated rings. The Hall–Kier alpha value is -0.280. The first-order valence-electron chi connectivity index (χ1n) is 2.99. The van der Waals surface area contributed by atoms with Crippen LogP contribution < -0.4 is 5.32 Å². The molecule has 3 nitrogen and oxygen atoms in total. The molecule has 0 bridgehead atoms. The zero-order valence-electron chi connectivity index (χ0n) is 6.68. The van der Waals surface area contributed by atoms with Gasteiger partial charge in [-0.3, -0.25) is 4.79 Å². The van der Waals surface area contributed by atoms with E-state index in [-0.39, 0.29) is 12.4 Å². The minimum Gasteiger partial charge on any atom is -0.481 e. The summed E-state index contributed by atoms with van der Waals surface area (Å²) in [6.07, 6.45) is 1.02. The summed E-state index contributed by atoms with van der Waals surface area (Å²) in [7, 11) is 3.75. The highest BCUT2D eigenvalue weighted by molar-refractivity contribution is 5.85. The quantitative estimate of drug-likeness (QED) is 0.652. The summed E-state index contributed by atoms with van der Waals surface area (Å²) >= 11 is 0. The van der Waals surface area contributed by atoms with E-state index in [1.54, 1.807) is 0 Å². The van der Waals surface area contributed by atoms with Crippen molar-refractivity contribution in [1.29, 1.82) is 0 Å². The van der Waals surface area contributed by atoms with Crippen molar-refractivity contribution in [3.63, 3.8) is 0 Å². The molecular weight excluding hydrogens is 154 g/mol. The zero-order valence-corrected chi connectivity index (χ0v) is 7.49. The maximum Gasteiger partial charge on any atom is 0.303 e. The molecule has 0 aromatic carbocycles. The number of hydrogen-bond donors (Lipinski definition) is 2. The van der Waals surface area contributed by atoms with Gasteiger partial charge in [0.25, 0.3) is 0 Å². The number of hydrogen-bond acceptors (Lipinski definition) is 2. The van der Waals surface area contributed by atoms with Crippen molar-refractivity contribution in [3.05, 3.63) is 0 Å². The first-order valence-corrected chi connectivity index (χ1v) is 2.99. The van der Waals surface area contributed by atoms with Crippen LogP contribution in [0.15, 0.2) is 0 Å². The first-order chi connectivity index (χ1) is 4.18. The van der Waals surface area contributed by atoms with E-state index in [9.17, 15) is 4.79 Å². The third-order valence-electron chi connectivity index (χ3n) is 0.464. The van der Waals surface area contributed by atoms with Crippen LogP contribution in [-0.4, -0.2) is 25.2 Å². The Morgan fingerprint density at radius 2 is 1.80 bits per heavy atom. The second-order valence-electron chi connectivity index (χ2n) is 1.64. The van der Waals surface area contributed by atoms with Crippen LogP contribution in [0.4, 0.5) is 0 Å². The van der Waals surface area contributed by atoms with Crippen molar-refractivity contribution in [2.45, 2.75) is 19.8 Å². The Morgan fingerprint density at radius 3 is 1.80 bits per heavy atom. The van der Waals surface area contributed by atoms with Crippen molar-refractivity contribution in [3.8, 4) is 0 Å². The van der Waals surface area contributed by atoms with Gasteiger partial charge in [-0.05, 0) is 20.5 Å². The predicted octanol–water partition coefficient (Wildman–Crippen LogP) is 1.13. The highest BCUT2D eigenvalue weighted by atomic mass is 35.5. The Bertz CT molecular complexity index is 68.8. The van der Waals surface area contributed by atoms with Gasteiger partial charge in [0.05, 0.1) is 0 Å². The number of halogens is 1. The molecule has 0 amide bonds. The van der Waals surface area contributed by atoms with Crippen LogP contribution in [0.3, 0.4) is 0 Å². The molecular formula is C6H16ClNO2. The maximum absolute atomic E-state index is 9.60. The monoisotopic (exact) mass is 169 g/mol.